The summed E-state index contributed by atoms with van der Waals surface area (Å²) in [7, 11) is -6.98. The van der Waals surface area contributed by atoms with Gasteiger partial charge in [-0.15, -0.1) is 12.4 Å². The zero-order chi connectivity index (χ0) is 63.5. The predicted molar refractivity (Wildman–Crippen MR) is 350 cm³/mol. The number of fused-ring (bicyclic) bond motifs is 2. The Bertz CT molecular complexity index is 3860. The summed E-state index contributed by atoms with van der Waals surface area (Å²) in [6, 6.07) is 18.7. The van der Waals surface area contributed by atoms with Crippen molar-refractivity contribution in [2.24, 2.45) is 11.5 Å². The summed E-state index contributed by atoms with van der Waals surface area (Å²) in [5.41, 5.74) is 15.2. The van der Waals surface area contributed by atoms with E-state index in [2.05, 4.69) is 37.7 Å². The summed E-state index contributed by atoms with van der Waals surface area (Å²) < 4.78 is 79.1. The molecule has 2 saturated carbocycles. The fourth-order valence-electron chi connectivity index (χ4n) is 10.6. The number of pyridine rings is 2. The van der Waals surface area contributed by atoms with Crippen molar-refractivity contribution in [3.05, 3.63) is 130 Å². The summed E-state index contributed by atoms with van der Waals surface area (Å²) in [6.07, 6.45) is 5.45. The van der Waals surface area contributed by atoms with E-state index in [1.807, 2.05) is 38.1 Å². The van der Waals surface area contributed by atoms with Gasteiger partial charge in [-0.25, -0.2) is 25.6 Å². The van der Waals surface area contributed by atoms with Crippen LogP contribution in [0.1, 0.15) is 136 Å². The van der Waals surface area contributed by atoms with Crippen LogP contribution in [0.2, 0.25) is 0 Å². The molecule has 2 unspecified atom stereocenters. The highest BCUT2D eigenvalue weighted by Crippen LogP contribution is 2.32. The molecule has 4 atom stereocenters. The first kappa shape index (κ1) is 75.6. The Balaban J connectivity index is 0.000000307. The number of hydrogen-bond acceptors (Lipinski definition) is 17. The van der Waals surface area contributed by atoms with Crippen LogP contribution in [0.25, 0.3) is 21.8 Å². The van der Waals surface area contributed by atoms with Crippen LogP contribution < -0.4 is 16.8 Å². The molecule has 6 heterocycles. The van der Waals surface area contributed by atoms with Gasteiger partial charge in [-0.1, -0.05) is 19.6 Å². The summed E-state index contributed by atoms with van der Waals surface area (Å²) in [4.78, 5) is 109. The number of aliphatic carboxylic acids is 1. The Hall–Kier alpha value is -6.82. The number of aromatic nitrogens is 4. The molecule has 2 saturated heterocycles. The Morgan fingerprint density at radius 2 is 1.07 bits per heavy atom. The molecule has 2 aliphatic heterocycles. The second-order valence-corrected chi connectivity index (χ2v) is 26.7. The molecule has 4 aromatic heterocycles. The van der Waals surface area contributed by atoms with Crippen molar-refractivity contribution in [1.29, 1.82) is 0 Å². The van der Waals surface area contributed by atoms with E-state index in [9.17, 15) is 64.0 Å². The van der Waals surface area contributed by atoms with Gasteiger partial charge >= 0.3 is 5.97 Å². The van der Waals surface area contributed by atoms with Crippen molar-refractivity contribution >= 4 is 137 Å². The Morgan fingerprint density at radius 3 is 1.51 bits per heavy atom. The van der Waals surface area contributed by atoms with Crippen LogP contribution in [0, 0.1) is 13.8 Å². The van der Waals surface area contributed by atoms with Gasteiger partial charge < -0.3 is 35.9 Å². The normalized spacial score (nSPS) is 18.1. The van der Waals surface area contributed by atoms with Crippen LogP contribution in [0.5, 0.6) is 0 Å². The highest BCUT2D eigenvalue weighted by atomic mass is 35.5. The number of likely N-dealkylation sites (tertiary alicyclic amines) is 1. The highest BCUT2D eigenvalue weighted by molar-refractivity contribution is 8.07. The second-order valence-electron chi connectivity index (χ2n) is 22.1. The van der Waals surface area contributed by atoms with Crippen LogP contribution in [-0.4, -0.2) is 152 Å². The number of halogens is 3. The number of nitrogens with zero attached hydrogens (tertiary/aromatic N) is 5. The number of Topliss-reactive ketones (excluding diaryl/α,β-unsaturated/α-hetero) is 4. The van der Waals surface area contributed by atoms with Crippen molar-refractivity contribution in [1.82, 2.24) is 29.3 Å². The van der Waals surface area contributed by atoms with Crippen LogP contribution in [-0.2, 0) is 87.2 Å². The predicted octanol–water partition coefficient (Wildman–Crippen LogP) is 6.47. The van der Waals surface area contributed by atoms with E-state index in [0.29, 0.717) is 85.4 Å². The largest absolute Gasteiger partial charge is 0.480 e. The van der Waals surface area contributed by atoms with E-state index < -0.39 is 95.3 Å². The molecule has 4 aliphatic rings. The minimum absolute atomic E-state index is 0. The molecule has 0 bridgehead atoms. The van der Waals surface area contributed by atoms with Gasteiger partial charge in [0.05, 0.1) is 46.6 Å². The van der Waals surface area contributed by atoms with Crippen LogP contribution in [0.4, 0.5) is 8.78 Å². The number of sulfone groups is 2. The molecule has 3 amide bonds. The van der Waals surface area contributed by atoms with Crippen LogP contribution in [0.15, 0.2) is 85.2 Å². The Morgan fingerprint density at radius 1 is 0.622 bits per heavy atom. The van der Waals surface area contributed by atoms with Gasteiger partial charge in [0.15, 0.2) is 42.8 Å². The van der Waals surface area contributed by atoms with E-state index in [0.717, 1.165) is 17.1 Å². The number of aryl methyl sites for hydroxylation is 2. The van der Waals surface area contributed by atoms with Gasteiger partial charge in [-0.3, -0.25) is 48.3 Å². The smallest absolute Gasteiger partial charge is 0.323 e. The summed E-state index contributed by atoms with van der Waals surface area (Å²) >= 11 is 7.33. The molecular formula is C61H75ClF2N8O13S5. The number of carboxylic acids is 1. The molecule has 29 heteroatoms. The maximum atomic E-state index is 14.4. The second kappa shape index (κ2) is 33.5. The number of carboxylic acid groups (broad SMARTS) is 1. The van der Waals surface area contributed by atoms with Crippen LogP contribution >= 0.6 is 25.9 Å². The summed E-state index contributed by atoms with van der Waals surface area (Å²) in [6.45, 7) is 3.75. The molecular weight excluding hydrogens is 1290 g/mol. The lowest BCUT2D eigenvalue weighted by atomic mass is 10.0. The first-order chi connectivity index (χ1) is 41.3. The number of nitrogens with two attached hydrogens (primary N) is 2. The third-order valence-corrected chi connectivity index (χ3v) is 19.7. The Labute approximate surface area is 544 Å². The number of carbonyl (C=O) groups excluding carboxylic acids is 7. The molecule has 10 rings (SSSR count). The van der Waals surface area contributed by atoms with Crippen molar-refractivity contribution in [3.8, 4) is 0 Å². The molecule has 21 nitrogen and oxygen atoms in total. The first-order valence-electron chi connectivity index (χ1n) is 28.2. The SMILES string of the molecule is C.Cc1cccc(CC(=O)[C@@H]2CCC(F)CCN2)n1.Cc1cccc(CC(=O)[C@@H]2CCC(F)CCN2C(=O)Cn2cc(C(N)=O)c3cc(C(=O)CS(=O)(=O)C4CC4)ccc32)n1.Cl.NC(=O)c1cn(CC(=O)O)c2ccc(C(=O)CS(=O)(=O)C3CC3)cc12.S.S=S. The molecule has 2 aromatic carbocycles. The van der Waals surface area contributed by atoms with Gasteiger partial charge in [0, 0.05) is 97.0 Å². The zero-order valence-corrected chi connectivity index (χ0v) is 53.9. The molecule has 6 aromatic rings. The Kier molecular flexibility index (Phi) is 28.1. The zero-order valence-electron chi connectivity index (χ0n) is 48.8. The average molecular weight is 1360 g/mol. The average Bonchev–Trinajstić information content (AvgIpc) is 1.77. The number of amides is 3. The number of hydrogen-bond donors (Lipinski definition) is 4. The lowest BCUT2D eigenvalue weighted by Gasteiger charge is -2.29. The lowest BCUT2D eigenvalue weighted by Crippen LogP contribution is -2.46. The molecule has 0 radical (unpaired) electrons. The fourth-order valence-corrected chi connectivity index (χ4v) is 13.8. The minimum atomic E-state index is -3.53. The molecule has 0 spiro atoms. The molecule has 4 fully saturated rings. The molecule has 2 aliphatic carbocycles. The van der Waals surface area contributed by atoms with E-state index in [1.165, 1.54) is 62.8 Å². The van der Waals surface area contributed by atoms with Gasteiger partial charge in [-0.05, 0) is 145 Å². The van der Waals surface area contributed by atoms with Gasteiger partial charge in [0.2, 0.25) is 5.91 Å². The molecule has 6 N–H and O–H groups in total. The number of alkyl halides is 2. The van der Waals surface area contributed by atoms with Crippen molar-refractivity contribution in [3.63, 3.8) is 0 Å². The lowest BCUT2D eigenvalue weighted by molar-refractivity contribution is -0.139. The van der Waals surface area contributed by atoms with Crippen LogP contribution in [0.3, 0.4) is 0 Å². The maximum Gasteiger partial charge on any atom is 0.323 e. The summed E-state index contributed by atoms with van der Waals surface area (Å²) in [5, 5.41) is 11.8. The monoisotopic (exact) mass is 1360 g/mol. The van der Waals surface area contributed by atoms with Crippen molar-refractivity contribution in [2.75, 3.05) is 24.6 Å². The number of nitrogens with one attached hydrogen (secondary N) is 1. The molecule has 90 heavy (non-hydrogen) atoms. The molecule has 488 valence electrons. The fraction of sp³-hybridized carbons (Fsp3) is 0.443. The van der Waals surface area contributed by atoms with Gasteiger partial charge in [0.25, 0.3) is 11.8 Å². The van der Waals surface area contributed by atoms with Crippen molar-refractivity contribution < 1.29 is 69.1 Å². The van der Waals surface area contributed by atoms with E-state index in [4.69, 9.17) is 16.6 Å². The van der Waals surface area contributed by atoms with Gasteiger partial charge in [0.1, 0.15) is 36.9 Å². The number of ketones is 4. The summed E-state index contributed by atoms with van der Waals surface area (Å²) in [5.74, 6) is -5.52. The number of carbonyl (C=O) groups is 8. The van der Waals surface area contributed by atoms with E-state index in [1.54, 1.807) is 12.1 Å². The quantitative estimate of drug-likeness (QED) is 0.0595. The topological polar surface area (TPSA) is 328 Å². The van der Waals surface area contributed by atoms with Gasteiger partial charge in [-0.2, -0.15) is 13.5 Å². The maximum absolute atomic E-state index is 14.4. The third-order valence-electron chi connectivity index (χ3n) is 15.4. The number of rotatable bonds is 20. The first-order valence-corrected chi connectivity index (χ1v) is 33.0. The van der Waals surface area contributed by atoms with E-state index in [-0.39, 0.29) is 119 Å². The number of benzene rings is 2. The number of primary amides is 2. The van der Waals surface area contributed by atoms with E-state index >= 15 is 0 Å². The third kappa shape index (κ3) is 20.3. The highest BCUT2D eigenvalue weighted by Gasteiger charge is 2.39. The standard InChI is InChI=1S/C30H33FN4O6S.C16H16N2O6S.C14H19FN2O.CH4.ClH.S2.H2S/c1-18-3-2-4-21(33-18)14-27(36)26-10-6-20(31)11-12-35(26)29(38)16-34-15-24(30(32)39)23-13-19(5-9-25(23)34)28(37)17-42(40,41)22-7-8-22;17-16(22)12-6-18(7-15(20)21)13-4-1-9(5-11(12)13)14(19)8-25(23,24)10-2-3-10;1-10-3-2-4-12(17-10)9-14(18)13-6-5-11(15)7-8-16-13;;;1-2;/h2-5,9,13,15,20,22,26H,6-8,10-12,14,16-17H2,1H3,(H2,32,39);1,4-6,10H,2-3,7-8H2,(H2,17,22)(H,20,21);2-4,11,13,16H,5-9H2,1H3;1H4;1H;;1H2/t20?,26-;;11?,13-;;;;/m0.0..../s1. The van der Waals surface area contributed by atoms with Crippen molar-refractivity contribution in [2.45, 2.75) is 146 Å². The minimum Gasteiger partial charge on any atom is -0.480 e.